The van der Waals surface area contributed by atoms with E-state index in [1.165, 1.54) is 0 Å². The molecular formula is C32H35N5O3. The maximum Gasteiger partial charge on any atom is 0.251 e. The van der Waals surface area contributed by atoms with Crippen molar-refractivity contribution in [3.8, 4) is 11.3 Å². The number of nitrogens with two attached hydrogens (primary N) is 1. The highest BCUT2D eigenvalue weighted by atomic mass is 16.2. The van der Waals surface area contributed by atoms with Gasteiger partial charge in [-0.15, -0.1) is 0 Å². The minimum Gasteiger partial charge on any atom is -0.369 e. The number of rotatable bonds is 7. The van der Waals surface area contributed by atoms with E-state index in [0.717, 1.165) is 41.7 Å². The predicted octanol–water partition coefficient (Wildman–Crippen LogP) is 5.35. The molecule has 0 aliphatic carbocycles. The molecule has 8 nitrogen and oxygen atoms in total. The summed E-state index contributed by atoms with van der Waals surface area (Å²) in [5, 5.41) is 4.08. The van der Waals surface area contributed by atoms with E-state index in [4.69, 9.17) is 5.73 Å². The van der Waals surface area contributed by atoms with E-state index in [9.17, 15) is 14.4 Å². The second-order valence-corrected chi connectivity index (χ2v) is 11.7. The van der Waals surface area contributed by atoms with Crippen LogP contribution in [0.3, 0.4) is 0 Å². The molecule has 40 heavy (non-hydrogen) atoms. The van der Waals surface area contributed by atoms with E-state index in [-0.39, 0.29) is 23.1 Å². The molecule has 4 aromatic rings. The number of carbonyl (C=O) groups is 3. The first-order valence-corrected chi connectivity index (χ1v) is 13.6. The van der Waals surface area contributed by atoms with Gasteiger partial charge in [0, 0.05) is 71.4 Å². The number of ketones is 1. The van der Waals surface area contributed by atoms with E-state index in [2.05, 4.69) is 20.2 Å². The number of hydrogen-bond donors (Lipinski definition) is 3. The van der Waals surface area contributed by atoms with Crippen molar-refractivity contribution in [2.75, 3.05) is 18.0 Å². The zero-order valence-electron chi connectivity index (χ0n) is 23.2. The van der Waals surface area contributed by atoms with Crippen LogP contribution in [0.15, 0.2) is 67.0 Å². The molecule has 2 aromatic carbocycles. The number of nitrogens with zero attached hydrogens (tertiary/aromatic N) is 2. The Labute approximate surface area is 234 Å². The summed E-state index contributed by atoms with van der Waals surface area (Å²) in [6.45, 7) is 7.56. The highest BCUT2D eigenvalue weighted by Crippen LogP contribution is 2.34. The minimum absolute atomic E-state index is 0.0500. The quantitative estimate of drug-likeness (QED) is 0.275. The van der Waals surface area contributed by atoms with Crippen molar-refractivity contribution in [2.45, 2.75) is 46.1 Å². The third-order valence-electron chi connectivity index (χ3n) is 7.27. The van der Waals surface area contributed by atoms with Crippen LogP contribution in [0, 0.1) is 5.41 Å². The molecule has 0 unspecified atom stereocenters. The molecule has 1 saturated heterocycles. The highest BCUT2D eigenvalue weighted by molar-refractivity contribution is 6.10. The standard InChI is InChI=1S/C32H35N5O3/c1-32(2,3)17-28(38)20-8-10-21(11-9-20)31(40)35-23-7-5-15-37(19-23)27-13-12-24(30(33)39)29-25(27)16-26(36-29)22-6-4-14-34-18-22/h4,6,8-14,16,18,23,36H,5,7,15,17,19H2,1-3H3,(H2,33,39)(H,35,40)/t23-/m1/s1. The minimum atomic E-state index is -0.494. The first kappa shape index (κ1) is 27.1. The number of Topliss-reactive ketones (excluding diaryl/α,β-unsaturated/α-hetero) is 1. The van der Waals surface area contributed by atoms with Crippen molar-refractivity contribution in [3.63, 3.8) is 0 Å². The van der Waals surface area contributed by atoms with E-state index in [1.807, 2.05) is 45.0 Å². The van der Waals surface area contributed by atoms with Crippen LogP contribution < -0.4 is 16.0 Å². The summed E-state index contributed by atoms with van der Waals surface area (Å²) in [7, 11) is 0. The molecule has 206 valence electrons. The van der Waals surface area contributed by atoms with Gasteiger partial charge < -0.3 is 20.9 Å². The fourth-order valence-electron chi connectivity index (χ4n) is 5.34. The Morgan fingerprint density at radius 2 is 1.82 bits per heavy atom. The van der Waals surface area contributed by atoms with Gasteiger partial charge >= 0.3 is 0 Å². The van der Waals surface area contributed by atoms with Crippen LogP contribution in [0.5, 0.6) is 0 Å². The number of H-pyrrole nitrogens is 1. The van der Waals surface area contributed by atoms with Gasteiger partial charge in [0.25, 0.3) is 11.8 Å². The molecule has 1 atom stereocenters. The zero-order valence-corrected chi connectivity index (χ0v) is 23.2. The lowest BCUT2D eigenvalue weighted by Crippen LogP contribution is -2.47. The lowest BCUT2D eigenvalue weighted by atomic mass is 9.88. The van der Waals surface area contributed by atoms with E-state index in [1.54, 1.807) is 42.7 Å². The molecule has 2 aromatic heterocycles. The number of piperidine rings is 1. The Bertz CT molecular complexity index is 1550. The van der Waals surface area contributed by atoms with Gasteiger partial charge in [0.1, 0.15) is 0 Å². The fraction of sp³-hybridized carbons (Fsp3) is 0.312. The normalized spacial score (nSPS) is 15.7. The molecule has 2 amide bonds. The van der Waals surface area contributed by atoms with Gasteiger partial charge in [0.15, 0.2) is 5.78 Å². The van der Waals surface area contributed by atoms with Crippen LogP contribution in [-0.2, 0) is 0 Å². The molecule has 5 rings (SSSR count). The predicted molar refractivity (Wildman–Crippen MR) is 158 cm³/mol. The van der Waals surface area contributed by atoms with E-state index < -0.39 is 5.91 Å². The number of hydrogen-bond acceptors (Lipinski definition) is 5. The molecule has 3 heterocycles. The summed E-state index contributed by atoms with van der Waals surface area (Å²) in [5.74, 6) is -0.574. The number of aromatic amines is 1. The number of nitrogens with one attached hydrogen (secondary N) is 2. The molecule has 8 heteroatoms. The van der Waals surface area contributed by atoms with Crippen molar-refractivity contribution in [1.82, 2.24) is 15.3 Å². The van der Waals surface area contributed by atoms with Crippen molar-refractivity contribution in [2.24, 2.45) is 11.1 Å². The number of aromatic nitrogens is 2. The van der Waals surface area contributed by atoms with Gasteiger partial charge in [-0.25, -0.2) is 0 Å². The average molecular weight is 538 g/mol. The summed E-state index contributed by atoms with van der Waals surface area (Å²) in [5.41, 5.74) is 10.6. The summed E-state index contributed by atoms with van der Waals surface area (Å²) in [4.78, 5) is 47.6. The van der Waals surface area contributed by atoms with Crippen LogP contribution in [0.2, 0.25) is 0 Å². The first-order valence-electron chi connectivity index (χ1n) is 13.6. The number of carbonyl (C=O) groups excluding carboxylic acids is 3. The first-order chi connectivity index (χ1) is 19.1. The number of primary amides is 1. The summed E-state index contributed by atoms with van der Waals surface area (Å²) >= 11 is 0. The zero-order chi connectivity index (χ0) is 28.4. The molecule has 1 aliphatic rings. The lowest BCUT2D eigenvalue weighted by molar-refractivity contribution is 0.0923. The largest absolute Gasteiger partial charge is 0.369 e. The number of pyridine rings is 1. The fourth-order valence-corrected chi connectivity index (χ4v) is 5.34. The van der Waals surface area contributed by atoms with Crippen LogP contribution in [-0.4, -0.2) is 46.7 Å². The summed E-state index contributed by atoms with van der Waals surface area (Å²) < 4.78 is 0. The van der Waals surface area contributed by atoms with Crippen LogP contribution in [0.1, 0.15) is 71.1 Å². The van der Waals surface area contributed by atoms with Gasteiger partial charge in [0.2, 0.25) is 0 Å². The summed E-state index contributed by atoms with van der Waals surface area (Å²) in [6.07, 6.45) is 5.71. The second-order valence-electron chi connectivity index (χ2n) is 11.7. The third-order valence-corrected chi connectivity index (χ3v) is 7.27. The van der Waals surface area contributed by atoms with Gasteiger partial charge in [-0.2, -0.15) is 0 Å². The van der Waals surface area contributed by atoms with Crippen molar-refractivity contribution in [1.29, 1.82) is 0 Å². The maximum atomic E-state index is 13.1. The Hall–Kier alpha value is -4.46. The Morgan fingerprint density at radius 3 is 2.50 bits per heavy atom. The number of anilines is 1. The van der Waals surface area contributed by atoms with Crippen LogP contribution in [0.25, 0.3) is 22.2 Å². The van der Waals surface area contributed by atoms with E-state index in [0.29, 0.717) is 35.2 Å². The highest BCUT2D eigenvalue weighted by Gasteiger charge is 2.25. The molecule has 1 fully saturated rings. The molecule has 0 saturated carbocycles. The van der Waals surface area contributed by atoms with E-state index >= 15 is 0 Å². The molecule has 4 N–H and O–H groups in total. The molecule has 0 spiro atoms. The van der Waals surface area contributed by atoms with Crippen LogP contribution >= 0.6 is 0 Å². The van der Waals surface area contributed by atoms with Gasteiger partial charge in [-0.3, -0.25) is 19.4 Å². The summed E-state index contributed by atoms with van der Waals surface area (Å²) in [6, 6.07) is 16.4. The van der Waals surface area contributed by atoms with Crippen LogP contribution in [0.4, 0.5) is 5.69 Å². The average Bonchev–Trinajstić information content (AvgIpc) is 3.38. The SMILES string of the molecule is CC(C)(C)CC(=O)c1ccc(C(=O)N[C@@H]2CCCN(c3ccc(C(N)=O)c4[nH]c(-c5cccnc5)cc34)C2)cc1. The van der Waals surface area contributed by atoms with Crippen molar-refractivity contribution >= 4 is 34.2 Å². The second kappa shape index (κ2) is 11.0. The number of fused-ring (bicyclic) bond motifs is 1. The Kier molecular flexibility index (Phi) is 7.43. The number of benzene rings is 2. The topological polar surface area (TPSA) is 121 Å². The maximum absolute atomic E-state index is 13.1. The van der Waals surface area contributed by atoms with Gasteiger partial charge in [-0.05, 0) is 60.7 Å². The monoisotopic (exact) mass is 537 g/mol. The molecule has 0 radical (unpaired) electrons. The lowest BCUT2D eigenvalue weighted by Gasteiger charge is -2.35. The third kappa shape index (κ3) is 5.91. The number of amides is 2. The van der Waals surface area contributed by atoms with Crippen molar-refractivity contribution < 1.29 is 14.4 Å². The molecule has 1 aliphatic heterocycles. The Morgan fingerprint density at radius 1 is 1.07 bits per heavy atom. The molecule has 0 bridgehead atoms. The Balaban J connectivity index is 1.34. The molecular weight excluding hydrogens is 502 g/mol. The van der Waals surface area contributed by atoms with Gasteiger partial charge in [-0.1, -0.05) is 32.9 Å². The van der Waals surface area contributed by atoms with Gasteiger partial charge in [0.05, 0.1) is 11.1 Å². The van der Waals surface area contributed by atoms with Crippen molar-refractivity contribution in [3.05, 3.63) is 83.7 Å². The smallest absolute Gasteiger partial charge is 0.251 e.